The van der Waals surface area contributed by atoms with Gasteiger partial charge in [0.15, 0.2) is 12.2 Å². The van der Waals surface area contributed by atoms with Gasteiger partial charge in [-0.3, -0.25) is 9.59 Å². The second kappa shape index (κ2) is 7.93. The molecule has 4 rings (SSSR count). The van der Waals surface area contributed by atoms with Crippen molar-refractivity contribution < 1.29 is 24.5 Å². The fraction of sp³-hybridized carbons (Fsp3) is 0.524. The number of fused-ring (bicyclic) bond motifs is 1. The van der Waals surface area contributed by atoms with Gasteiger partial charge in [-0.1, -0.05) is 24.3 Å². The zero-order valence-corrected chi connectivity index (χ0v) is 15.7. The molecule has 0 spiro atoms. The van der Waals surface area contributed by atoms with Gasteiger partial charge in [-0.15, -0.1) is 0 Å². The van der Waals surface area contributed by atoms with Gasteiger partial charge < -0.3 is 25.2 Å². The average Bonchev–Trinajstić information content (AvgIpc) is 3.43. The van der Waals surface area contributed by atoms with E-state index in [2.05, 4.69) is 11.4 Å². The number of hydrogen-bond acceptors (Lipinski definition) is 5. The van der Waals surface area contributed by atoms with Crippen molar-refractivity contribution in [2.24, 2.45) is 5.92 Å². The monoisotopic (exact) mass is 386 g/mol. The molecule has 1 fully saturated rings. The lowest BCUT2D eigenvalue weighted by Gasteiger charge is -2.39. The summed E-state index contributed by atoms with van der Waals surface area (Å²) in [5.74, 6) is -0.374. The molecule has 7 nitrogen and oxygen atoms in total. The Morgan fingerprint density at radius 3 is 2.71 bits per heavy atom. The highest BCUT2D eigenvalue weighted by molar-refractivity contribution is 5.91. The molecule has 1 saturated carbocycles. The Hall–Kier alpha value is -2.38. The minimum Gasteiger partial charge on any atom is -0.496 e. The Morgan fingerprint density at radius 1 is 1.21 bits per heavy atom. The number of ether oxygens (including phenoxy) is 1. The molecule has 1 aromatic carbocycles. The zero-order chi connectivity index (χ0) is 19.7. The third-order valence-corrected chi connectivity index (χ3v) is 5.72. The van der Waals surface area contributed by atoms with E-state index in [0.717, 1.165) is 24.8 Å². The molecule has 1 unspecified atom stereocenters. The topological polar surface area (TPSA) is 99.1 Å². The van der Waals surface area contributed by atoms with Crippen molar-refractivity contribution in [3.63, 3.8) is 0 Å². The van der Waals surface area contributed by atoms with Crippen LogP contribution in [0.5, 0.6) is 0 Å². The molecule has 2 aliphatic heterocycles. The van der Waals surface area contributed by atoms with E-state index >= 15 is 0 Å². The van der Waals surface area contributed by atoms with Gasteiger partial charge in [-0.25, -0.2) is 0 Å². The summed E-state index contributed by atoms with van der Waals surface area (Å²) in [5, 5.41) is 23.2. The van der Waals surface area contributed by atoms with E-state index in [-0.39, 0.29) is 12.6 Å². The normalized spacial score (nSPS) is 23.3. The second-order valence-corrected chi connectivity index (χ2v) is 7.68. The molecule has 1 aromatic rings. The minimum atomic E-state index is -1.81. The summed E-state index contributed by atoms with van der Waals surface area (Å²) in [4.78, 5) is 26.8. The predicted molar refractivity (Wildman–Crippen MR) is 101 cm³/mol. The Labute approximate surface area is 164 Å². The predicted octanol–water partition coefficient (Wildman–Crippen LogP) is 0.665. The van der Waals surface area contributed by atoms with Gasteiger partial charge in [0.2, 0.25) is 0 Å². The molecule has 0 radical (unpaired) electrons. The van der Waals surface area contributed by atoms with Crippen LogP contribution in [0.2, 0.25) is 0 Å². The number of aliphatic hydroxyl groups excluding tert-OH is 2. The minimum absolute atomic E-state index is 0.0978. The van der Waals surface area contributed by atoms with Crippen LogP contribution in [-0.2, 0) is 20.7 Å². The Morgan fingerprint density at radius 2 is 2.00 bits per heavy atom. The number of aliphatic hydroxyl groups is 2. The number of carbonyl (C=O) groups excluding carboxylic acids is 2. The number of amides is 2. The smallest absolute Gasteiger partial charge is 0.255 e. The lowest BCUT2D eigenvalue weighted by Crippen LogP contribution is -2.53. The third-order valence-electron chi connectivity index (χ3n) is 5.72. The van der Waals surface area contributed by atoms with E-state index in [4.69, 9.17) is 4.74 Å². The molecule has 7 heteroatoms. The van der Waals surface area contributed by atoms with E-state index in [1.54, 1.807) is 4.90 Å². The van der Waals surface area contributed by atoms with E-state index in [1.165, 1.54) is 5.56 Å². The molecule has 2 heterocycles. The summed E-state index contributed by atoms with van der Waals surface area (Å²) in [6.45, 7) is 1.19. The SMILES string of the molecule is O=C(NCC1=CCCO1)[C@H](O)[C@@H](O)C(=O)N1CCc2ccccc2C1C1CC1. The first kappa shape index (κ1) is 19.0. The summed E-state index contributed by atoms with van der Waals surface area (Å²) in [6.07, 6.45) is 1.82. The first-order valence-corrected chi connectivity index (χ1v) is 9.90. The number of carbonyl (C=O) groups is 2. The number of rotatable bonds is 6. The van der Waals surface area contributed by atoms with Crippen LogP contribution in [0.15, 0.2) is 36.1 Å². The van der Waals surface area contributed by atoms with Gasteiger partial charge in [0.1, 0.15) is 5.76 Å². The van der Waals surface area contributed by atoms with Crippen LogP contribution < -0.4 is 5.32 Å². The highest BCUT2D eigenvalue weighted by Gasteiger charge is 2.44. The quantitative estimate of drug-likeness (QED) is 0.667. The lowest BCUT2D eigenvalue weighted by atomic mass is 9.89. The van der Waals surface area contributed by atoms with Crippen molar-refractivity contribution in [2.75, 3.05) is 19.7 Å². The molecule has 0 bridgehead atoms. The van der Waals surface area contributed by atoms with Crippen LogP contribution in [0.25, 0.3) is 0 Å². The molecule has 3 N–H and O–H groups in total. The van der Waals surface area contributed by atoms with Gasteiger partial charge in [-0.05, 0) is 42.4 Å². The first-order valence-electron chi connectivity index (χ1n) is 9.90. The van der Waals surface area contributed by atoms with Crippen molar-refractivity contribution >= 4 is 11.8 Å². The van der Waals surface area contributed by atoms with Crippen LogP contribution in [0.4, 0.5) is 0 Å². The van der Waals surface area contributed by atoms with Gasteiger partial charge in [0.05, 0.1) is 19.2 Å². The van der Waals surface area contributed by atoms with Crippen LogP contribution in [0, 0.1) is 5.92 Å². The summed E-state index contributed by atoms with van der Waals surface area (Å²) in [7, 11) is 0. The summed E-state index contributed by atoms with van der Waals surface area (Å²) < 4.78 is 5.29. The molecule has 3 atom stereocenters. The largest absolute Gasteiger partial charge is 0.496 e. The third kappa shape index (κ3) is 3.77. The average molecular weight is 386 g/mol. The number of hydrogen-bond donors (Lipinski definition) is 3. The van der Waals surface area contributed by atoms with E-state index in [0.29, 0.717) is 31.2 Å². The maximum absolute atomic E-state index is 13.0. The molecule has 0 aromatic heterocycles. The maximum atomic E-state index is 13.0. The van der Waals surface area contributed by atoms with Gasteiger partial charge in [0, 0.05) is 13.0 Å². The molecular formula is C21H26N2O5. The summed E-state index contributed by atoms with van der Waals surface area (Å²) in [6, 6.07) is 7.96. The van der Waals surface area contributed by atoms with Crippen molar-refractivity contribution in [3.8, 4) is 0 Å². The first-order chi connectivity index (χ1) is 13.6. The standard InChI is InChI=1S/C21H26N2O5/c24-18(20(26)22-12-15-5-3-11-28-15)19(25)21(27)23-10-9-13-4-1-2-6-16(13)17(23)14-7-8-14/h1-2,4-6,14,17-19,24-25H,3,7-12H2,(H,22,26)/t17?,18-,19-/m1/s1. The molecule has 3 aliphatic rings. The zero-order valence-electron chi connectivity index (χ0n) is 15.7. The number of benzene rings is 1. The Bertz CT molecular complexity index is 789. The number of nitrogens with one attached hydrogen (secondary N) is 1. The molecule has 1 aliphatic carbocycles. The molecule has 0 saturated heterocycles. The Kier molecular flexibility index (Phi) is 5.37. The van der Waals surface area contributed by atoms with Crippen molar-refractivity contribution in [1.29, 1.82) is 0 Å². The molecule has 150 valence electrons. The van der Waals surface area contributed by atoms with Gasteiger partial charge in [-0.2, -0.15) is 0 Å². The summed E-state index contributed by atoms with van der Waals surface area (Å²) in [5.41, 5.74) is 2.34. The maximum Gasteiger partial charge on any atom is 0.255 e. The van der Waals surface area contributed by atoms with Crippen molar-refractivity contribution in [3.05, 3.63) is 47.2 Å². The second-order valence-electron chi connectivity index (χ2n) is 7.68. The fourth-order valence-electron chi connectivity index (χ4n) is 4.09. The molecule has 2 amide bonds. The Balaban J connectivity index is 1.43. The molecule has 28 heavy (non-hydrogen) atoms. The summed E-state index contributed by atoms with van der Waals surface area (Å²) >= 11 is 0. The van der Waals surface area contributed by atoms with E-state index in [9.17, 15) is 19.8 Å². The van der Waals surface area contributed by atoms with Crippen LogP contribution in [0.1, 0.15) is 36.4 Å². The fourth-order valence-corrected chi connectivity index (χ4v) is 4.09. The van der Waals surface area contributed by atoms with E-state index in [1.807, 2.05) is 24.3 Å². The highest BCUT2D eigenvalue weighted by Crippen LogP contribution is 2.47. The van der Waals surface area contributed by atoms with Crippen LogP contribution in [-0.4, -0.2) is 58.8 Å². The van der Waals surface area contributed by atoms with E-state index < -0.39 is 24.0 Å². The molecular weight excluding hydrogens is 360 g/mol. The van der Waals surface area contributed by atoms with Gasteiger partial charge in [0.25, 0.3) is 11.8 Å². The van der Waals surface area contributed by atoms with Gasteiger partial charge >= 0.3 is 0 Å². The van der Waals surface area contributed by atoms with Crippen molar-refractivity contribution in [1.82, 2.24) is 10.2 Å². The van der Waals surface area contributed by atoms with Crippen LogP contribution >= 0.6 is 0 Å². The number of nitrogens with zero attached hydrogens (tertiary/aromatic N) is 1. The van der Waals surface area contributed by atoms with Crippen LogP contribution in [0.3, 0.4) is 0 Å². The van der Waals surface area contributed by atoms with Crippen molar-refractivity contribution in [2.45, 2.75) is 43.9 Å². The lowest BCUT2D eigenvalue weighted by molar-refractivity contribution is -0.155. The highest BCUT2D eigenvalue weighted by atomic mass is 16.5.